The molecule has 2 aromatic carbocycles. The molecule has 2 unspecified atom stereocenters. The van der Waals surface area contributed by atoms with Crippen LogP contribution in [-0.4, -0.2) is 98.0 Å². The molecule has 1 fully saturated rings. The number of carbonyl (C=O) groups excluding carboxylic acids is 3. The van der Waals surface area contributed by atoms with Crippen LogP contribution in [0.3, 0.4) is 0 Å². The average molecular weight is 542 g/mol. The number of carboxylic acids is 1. The van der Waals surface area contributed by atoms with E-state index in [2.05, 4.69) is 10.6 Å². The highest BCUT2D eigenvalue weighted by Crippen LogP contribution is 2.31. The Kier molecular flexibility index (Phi) is 7.83. The van der Waals surface area contributed by atoms with Crippen LogP contribution in [0.4, 0.5) is 4.79 Å². The highest BCUT2D eigenvalue weighted by molar-refractivity contribution is 6.47. The second kappa shape index (κ2) is 11.1. The number of aromatic carboxylic acids is 1. The molecular formula is C24H27BN4O10. The van der Waals surface area contributed by atoms with Gasteiger partial charge in [0.1, 0.15) is 11.8 Å². The van der Waals surface area contributed by atoms with Crippen molar-refractivity contribution >= 4 is 30.9 Å². The zero-order valence-electron chi connectivity index (χ0n) is 20.8. The lowest BCUT2D eigenvalue weighted by Gasteiger charge is -2.38. The van der Waals surface area contributed by atoms with Gasteiger partial charge in [-0.1, -0.05) is 18.2 Å². The van der Waals surface area contributed by atoms with E-state index >= 15 is 0 Å². The van der Waals surface area contributed by atoms with Gasteiger partial charge in [0.2, 0.25) is 12.1 Å². The van der Waals surface area contributed by atoms with Gasteiger partial charge in [-0.2, -0.15) is 0 Å². The standard InChI is InChI=1S/C24H27BN4O10/c1-2-28-8-9-29(22(34)21(28)33)24(37)27-18(12-6-7-15(30)16(31)10-12)20(32)26-17-11-13-4-3-5-14(23(35)36)19(13)39-25(17)38/h3-7,10,17-18,22,30-31,34,38H,2,8-9,11H2,1H3,(H,26,32)(H,27,37)(H,35,36)/t17-,18?,22?/m0/s1. The molecule has 39 heavy (non-hydrogen) atoms. The molecule has 3 atom stereocenters. The molecule has 7 N–H and O–H groups in total. The molecule has 0 spiro atoms. The van der Waals surface area contributed by atoms with E-state index in [1.807, 2.05) is 0 Å². The van der Waals surface area contributed by atoms with Crippen molar-refractivity contribution in [1.29, 1.82) is 0 Å². The summed E-state index contributed by atoms with van der Waals surface area (Å²) in [6, 6.07) is 5.38. The predicted molar refractivity (Wildman–Crippen MR) is 134 cm³/mol. The Bertz CT molecular complexity index is 1310. The summed E-state index contributed by atoms with van der Waals surface area (Å²) in [5, 5.41) is 55.0. The molecule has 4 amide bonds. The first kappa shape index (κ1) is 27.5. The zero-order valence-corrected chi connectivity index (χ0v) is 20.8. The number of para-hydroxylation sites is 1. The molecule has 0 radical (unpaired) electrons. The third-order valence-electron chi connectivity index (χ3n) is 6.62. The van der Waals surface area contributed by atoms with Gasteiger partial charge in [0.15, 0.2) is 11.5 Å². The second-order valence-electron chi connectivity index (χ2n) is 9.04. The van der Waals surface area contributed by atoms with Crippen molar-refractivity contribution in [3.8, 4) is 17.2 Å². The minimum atomic E-state index is -1.77. The summed E-state index contributed by atoms with van der Waals surface area (Å²) in [5.74, 6) is -4.90. The van der Waals surface area contributed by atoms with Gasteiger partial charge in [0.25, 0.3) is 5.91 Å². The van der Waals surface area contributed by atoms with Gasteiger partial charge in [-0.05, 0) is 42.7 Å². The largest absolute Gasteiger partial charge is 0.547 e. The Morgan fingerprint density at radius 1 is 1.15 bits per heavy atom. The number of nitrogens with one attached hydrogen (secondary N) is 2. The summed E-state index contributed by atoms with van der Waals surface area (Å²) in [6.45, 7) is 2.22. The van der Waals surface area contributed by atoms with Crippen molar-refractivity contribution in [3.05, 3.63) is 53.1 Å². The molecule has 0 aromatic heterocycles. The second-order valence-corrected chi connectivity index (χ2v) is 9.04. The van der Waals surface area contributed by atoms with E-state index in [0.717, 1.165) is 17.0 Å². The van der Waals surface area contributed by atoms with Crippen LogP contribution in [0.5, 0.6) is 17.2 Å². The molecule has 206 valence electrons. The number of phenols is 2. The lowest BCUT2D eigenvalue weighted by atomic mass is 9.72. The maximum absolute atomic E-state index is 13.4. The van der Waals surface area contributed by atoms with Crippen molar-refractivity contribution in [2.75, 3.05) is 19.6 Å². The molecule has 0 bridgehead atoms. The monoisotopic (exact) mass is 542 g/mol. The molecule has 2 aliphatic rings. The van der Waals surface area contributed by atoms with Crippen LogP contribution in [0, 0.1) is 0 Å². The molecule has 4 rings (SSSR count). The highest BCUT2D eigenvalue weighted by Gasteiger charge is 2.41. The summed E-state index contributed by atoms with van der Waals surface area (Å²) in [4.78, 5) is 52.6. The van der Waals surface area contributed by atoms with Gasteiger partial charge in [-0.3, -0.25) is 14.5 Å². The van der Waals surface area contributed by atoms with Gasteiger partial charge in [-0.25, -0.2) is 9.59 Å². The predicted octanol–water partition coefficient (Wildman–Crippen LogP) is -0.831. The van der Waals surface area contributed by atoms with Crippen LogP contribution in [-0.2, 0) is 16.0 Å². The molecular weight excluding hydrogens is 515 g/mol. The van der Waals surface area contributed by atoms with Crippen molar-refractivity contribution in [2.24, 2.45) is 0 Å². The summed E-state index contributed by atoms with van der Waals surface area (Å²) >= 11 is 0. The summed E-state index contributed by atoms with van der Waals surface area (Å²) in [5.41, 5.74) is 0.310. The number of piperazine rings is 1. The lowest BCUT2D eigenvalue weighted by molar-refractivity contribution is -0.153. The number of benzene rings is 2. The molecule has 15 heteroatoms. The Hall–Kier alpha value is -4.50. The number of aliphatic hydroxyl groups excluding tert-OH is 1. The first-order valence-electron chi connectivity index (χ1n) is 12.1. The Labute approximate surface area is 222 Å². The SMILES string of the molecule is CCN1CCN(C(=O)NC(C(=O)N[C@H]2Cc3cccc(C(=O)O)c3OB2O)c2ccc(O)c(O)c2)C(O)C1=O. The van der Waals surface area contributed by atoms with E-state index in [0.29, 0.717) is 12.1 Å². The van der Waals surface area contributed by atoms with Crippen LogP contribution >= 0.6 is 0 Å². The van der Waals surface area contributed by atoms with Crippen LogP contribution in [0.15, 0.2) is 36.4 Å². The van der Waals surface area contributed by atoms with E-state index in [1.54, 1.807) is 13.0 Å². The Morgan fingerprint density at radius 3 is 2.56 bits per heavy atom. The maximum atomic E-state index is 13.4. The van der Waals surface area contributed by atoms with Crippen molar-refractivity contribution in [3.63, 3.8) is 0 Å². The molecule has 2 aromatic rings. The fourth-order valence-electron chi connectivity index (χ4n) is 4.49. The first-order chi connectivity index (χ1) is 18.5. The smallest absolute Gasteiger partial charge is 0.534 e. The Balaban J connectivity index is 1.57. The average Bonchev–Trinajstić information content (AvgIpc) is 2.90. The number of likely N-dealkylation sites (N-methyl/N-ethyl adjacent to an activating group) is 1. The van der Waals surface area contributed by atoms with E-state index < -0.39 is 60.6 Å². The van der Waals surface area contributed by atoms with Gasteiger partial charge < -0.3 is 45.6 Å². The van der Waals surface area contributed by atoms with Gasteiger partial charge in [-0.15, -0.1) is 0 Å². The fourth-order valence-corrected chi connectivity index (χ4v) is 4.49. The quantitative estimate of drug-likeness (QED) is 0.178. The van der Waals surface area contributed by atoms with E-state index in [9.17, 15) is 44.6 Å². The van der Waals surface area contributed by atoms with Crippen LogP contribution in [0.1, 0.15) is 34.5 Å². The minimum absolute atomic E-state index is 0.00293. The number of carbonyl (C=O) groups is 4. The number of carboxylic acid groups (broad SMARTS) is 1. The maximum Gasteiger partial charge on any atom is 0.547 e. The number of amides is 4. The number of hydrogen-bond donors (Lipinski definition) is 7. The van der Waals surface area contributed by atoms with Gasteiger partial charge in [0.05, 0.1) is 11.5 Å². The number of nitrogens with zero attached hydrogens (tertiary/aromatic N) is 2. The number of fused-ring (bicyclic) bond motifs is 1. The molecule has 14 nitrogen and oxygen atoms in total. The molecule has 2 aliphatic heterocycles. The van der Waals surface area contributed by atoms with Crippen molar-refractivity contribution in [2.45, 2.75) is 31.6 Å². The van der Waals surface area contributed by atoms with E-state index in [4.69, 9.17) is 4.65 Å². The molecule has 2 heterocycles. The molecule has 1 saturated heterocycles. The van der Waals surface area contributed by atoms with Gasteiger partial charge in [0, 0.05) is 19.6 Å². The van der Waals surface area contributed by atoms with Crippen LogP contribution < -0.4 is 15.3 Å². The molecule has 0 aliphatic carbocycles. The van der Waals surface area contributed by atoms with Crippen LogP contribution in [0.25, 0.3) is 0 Å². The summed E-state index contributed by atoms with van der Waals surface area (Å²) in [7, 11) is -1.63. The van der Waals surface area contributed by atoms with Crippen molar-refractivity contribution in [1.82, 2.24) is 20.4 Å². The number of aliphatic hydroxyl groups is 1. The van der Waals surface area contributed by atoms with E-state index in [1.165, 1.54) is 23.1 Å². The number of urea groups is 1. The number of hydrogen-bond acceptors (Lipinski definition) is 9. The van der Waals surface area contributed by atoms with Crippen molar-refractivity contribution < 1.29 is 49.3 Å². The first-order valence-corrected chi connectivity index (χ1v) is 12.1. The normalized spacial score (nSPS) is 19.6. The number of phenolic OH excluding ortho intramolecular Hbond substituents is 2. The lowest BCUT2D eigenvalue weighted by Crippen LogP contribution is -2.61. The fraction of sp³-hybridized carbons (Fsp3) is 0.333. The minimum Gasteiger partial charge on any atom is -0.534 e. The highest BCUT2D eigenvalue weighted by atomic mass is 16.5. The Morgan fingerprint density at radius 2 is 1.90 bits per heavy atom. The summed E-state index contributed by atoms with van der Waals surface area (Å²) < 4.78 is 5.40. The summed E-state index contributed by atoms with van der Waals surface area (Å²) in [6.07, 6.45) is -1.78. The van der Waals surface area contributed by atoms with Crippen LogP contribution in [0.2, 0.25) is 0 Å². The number of aromatic hydroxyl groups is 2. The zero-order chi connectivity index (χ0) is 28.4. The molecule has 0 saturated carbocycles. The third-order valence-corrected chi connectivity index (χ3v) is 6.62. The number of rotatable bonds is 6. The third kappa shape index (κ3) is 5.54. The topological polar surface area (TPSA) is 209 Å². The van der Waals surface area contributed by atoms with E-state index in [-0.39, 0.29) is 36.4 Å². The van der Waals surface area contributed by atoms with Gasteiger partial charge >= 0.3 is 19.1 Å².